The van der Waals surface area contributed by atoms with Gasteiger partial charge in [0.2, 0.25) is 0 Å². The van der Waals surface area contributed by atoms with Gasteiger partial charge in [-0.2, -0.15) is 23.4 Å². The zero-order chi connectivity index (χ0) is 32.5. The summed E-state index contributed by atoms with van der Waals surface area (Å²) in [6.45, 7) is 2.54. The summed E-state index contributed by atoms with van der Waals surface area (Å²) in [5, 5.41) is 11.4. The van der Waals surface area contributed by atoms with Crippen molar-refractivity contribution in [3.63, 3.8) is 0 Å². The molecule has 3 amide bonds. The first-order chi connectivity index (χ1) is 20.6. The molecule has 1 aromatic carbocycles. The third-order valence-corrected chi connectivity index (χ3v) is 7.09. The minimum Gasteiger partial charge on any atom is -0.452 e. The Hall–Kier alpha value is -4.34. The second kappa shape index (κ2) is 12.7. The number of methoxy groups -OCH3 is 1. The number of hydrogen-bond acceptors (Lipinski definition) is 7. The highest BCUT2D eigenvalue weighted by molar-refractivity contribution is 6.38. The summed E-state index contributed by atoms with van der Waals surface area (Å²) in [7, 11) is 2.34. The Balaban J connectivity index is 1.76. The lowest BCUT2D eigenvalue weighted by molar-refractivity contribution is -0.141. The first-order valence-corrected chi connectivity index (χ1v) is 13.5. The number of hydrogen-bond donors (Lipinski definition) is 2. The zero-order valence-electron chi connectivity index (χ0n) is 23.3. The Kier molecular flexibility index (Phi) is 9.41. The molecule has 0 bridgehead atoms. The highest BCUT2D eigenvalue weighted by Gasteiger charge is 2.37. The maximum Gasteiger partial charge on any atom is 0.435 e. The third kappa shape index (κ3) is 6.74. The van der Waals surface area contributed by atoms with E-state index in [2.05, 4.69) is 30.7 Å². The standard InChI is InChI=1S/C26H22Cl3F3N8O4/c1-12-13(2)39(36-21(12)26(30,31)32)11-15-10-19(40(35-15)22-17(28)6-5-7-33-22)24(42)34-20-16(8-14(27)9-18(20)29)23(41)37-38(3)25(43)44-4/h5-10H,11H2,1-4H3,(H,34,42)(H,37,41). The van der Waals surface area contributed by atoms with Crippen LogP contribution in [0.1, 0.15) is 43.5 Å². The number of anilines is 1. The van der Waals surface area contributed by atoms with Crippen molar-refractivity contribution in [1.82, 2.24) is 35.0 Å². The number of nitrogens with zero attached hydrogens (tertiary/aromatic N) is 6. The molecule has 18 heteroatoms. The smallest absolute Gasteiger partial charge is 0.435 e. The van der Waals surface area contributed by atoms with Crippen molar-refractivity contribution in [1.29, 1.82) is 0 Å². The normalized spacial score (nSPS) is 11.3. The predicted octanol–water partition coefficient (Wildman–Crippen LogP) is 5.70. The first kappa shape index (κ1) is 32.6. The Morgan fingerprint density at radius 3 is 2.36 bits per heavy atom. The van der Waals surface area contributed by atoms with Gasteiger partial charge in [0.25, 0.3) is 11.8 Å². The van der Waals surface area contributed by atoms with Gasteiger partial charge >= 0.3 is 12.3 Å². The van der Waals surface area contributed by atoms with Crippen molar-refractivity contribution in [2.75, 3.05) is 19.5 Å². The number of hydrazine groups is 1. The van der Waals surface area contributed by atoms with E-state index < -0.39 is 29.8 Å². The van der Waals surface area contributed by atoms with E-state index in [1.54, 1.807) is 6.07 Å². The third-order valence-electron chi connectivity index (χ3n) is 6.27. The molecular formula is C26H22Cl3F3N8O4. The Morgan fingerprint density at radius 1 is 1.05 bits per heavy atom. The van der Waals surface area contributed by atoms with Crippen LogP contribution in [0.4, 0.5) is 23.7 Å². The fourth-order valence-electron chi connectivity index (χ4n) is 4.03. The molecule has 0 aliphatic heterocycles. The van der Waals surface area contributed by atoms with Crippen LogP contribution in [-0.4, -0.2) is 61.6 Å². The largest absolute Gasteiger partial charge is 0.452 e. The fraction of sp³-hybridized carbons (Fsp3) is 0.231. The summed E-state index contributed by atoms with van der Waals surface area (Å²) < 4.78 is 47.1. The van der Waals surface area contributed by atoms with Crippen molar-refractivity contribution < 1.29 is 32.3 Å². The van der Waals surface area contributed by atoms with Gasteiger partial charge in [0.05, 0.1) is 40.6 Å². The lowest BCUT2D eigenvalue weighted by Crippen LogP contribution is -2.43. The van der Waals surface area contributed by atoms with Crippen LogP contribution in [0.15, 0.2) is 36.5 Å². The summed E-state index contributed by atoms with van der Waals surface area (Å²) >= 11 is 18.8. The summed E-state index contributed by atoms with van der Waals surface area (Å²) in [5.41, 5.74) is 1.01. The molecule has 2 N–H and O–H groups in total. The quantitative estimate of drug-likeness (QED) is 0.251. The van der Waals surface area contributed by atoms with Crippen LogP contribution in [0.2, 0.25) is 15.1 Å². The molecule has 0 fully saturated rings. The number of ether oxygens (including phenoxy) is 1. The molecule has 0 unspecified atom stereocenters. The van der Waals surface area contributed by atoms with Gasteiger partial charge in [0.15, 0.2) is 11.5 Å². The number of benzene rings is 1. The summed E-state index contributed by atoms with van der Waals surface area (Å²) in [6, 6.07) is 6.84. The number of alkyl halides is 3. The molecule has 0 saturated heterocycles. The minimum absolute atomic E-state index is 0.0368. The lowest BCUT2D eigenvalue weighted by atomic mass is 10.1. The molecule has 4 aromatic rings. The molecule has 3 heterocycles. The monoisotopic (exact) mass is 672 g/mol. The molecule has 0 saturated carbocycles. The van der Waals surface area contributed by atoms with E-state index in [4.69, 9.17) is 34.8 Å². The molecule has 3 aromatic heterocycles. The van der Waals surface area contributed by atoms with Crippen molar-refractivity contribution in [2.24, 2.45) is 0 Å². The molecule has 0 radical (unpaired) electrons. The molecule has 0 aliphatic rings. The van der Waals surface area contributed by atoms with Crippen LogP contribution in [0.5, 0.6) is 0 Å². The maximum absolute atomic E-state index is 13.7. The maximum atomic E-state index is 13.7. The van der Waals surface area contributed by atoms with Crippen molar-refractivity contribution in [3.8, 4) is 5.82 Å². The van der Waals surface area contributed by atoms with Gasteiger partial charge in [-0.25, -0.2) is 19.5 Å². The first-order valence-electron chi connectivity index (χ1n) is 12.4. The van der Waals surface area contributed by atoms with Crippen molar-refractivity contribution >= 4 is 58.4 Å². The van der Waals surface area contributed by atoms with Gasteiger partial charge in [0, 0.05) is 29.5 Å². The SMILES string of the molecule is COC(=O)N(C)NC(=O)c1cc(Cl)cc(Cl)c1NC(=O)c1cc(Cn2nc(C(F)(F)F)c(C)c2C)nn1-c1ncccc1Cl. The van der Waals surface area contributed by atoms with Crippen LogP contribution >= 0.6 is 34.8 Å². The van der Waals surface area contributed by atoms with E-state index in [9.17, 15) is 27.6 Å². The molecule has 12 nitrogen and oxygen atoms in total. The van der Waals surface area contributed by atoms with Crippen LogP contribution in [0.25, 0.3) is 5.82 Å². The molecule has 4 rings (SSSR count). The van der Waals surface area contributed by atoms with E-state index in [1.165, 1.54) is 51.4 Å². The molecular weight excluding hydrogens is 652 g/mol. The lowest BCUT2D eigenvalue weighted by Gasteiger charge is -2.19. The number of aromatic nitrogens is 5. The second-order valence-corrected chi connectivity index (χ2v) is 10.4. The molecule has 44 heavy (non-hydrogen) atoms. The summed E-state index contributed by atoms with van der Waals surface area (Å²) in [6.07, 6.45) is -4.15. The van der Waals surface area contributed by atoms with E-state index in [0.717, 1.165) is 21.5 Å². The van der Waals surface area contributed by atoms with Gasteiger partial charge in [0.1, 0.15) is 5.69 Å². The van der Waals surface area contributed by atoms with E-state index in [0.29, 0.717) is 0 Å². The predicted molar refractivity (Wildman–Crippen MR) is 154 cm³/mol. The number of carbonyl (C=O) groups excluding carboxylic acids is 3. The zero-order valence-corrected chi connectivity index (χ0v) is 25.5. The van der Waals surface area contributed by atoms with E-state index in [-0.39, 0.29) is 61.3 Å². The summed E-state index contributed by atoms with van der Waals surface area (Å²) in [5.74, 6) is -1.69. The molecule has 232 valence electrons. The number of halogens is 6. The average molecular weight is 674 g/mol. The van der Waals surface area contributed by atoms with Gasteiger partial charge in [-0.1, -0.05) is 34.8 Å². The van der Waals surface area contributed by atoms with Crippen LogP contribution < -0.4 is 10.7 Å². The number of pyridine rings is 1. The summed E-state index contributed by atoms with van der Waals surface area (Å²) in [4.78, 5) is 42.7. The molecule has 0 aliphatic carbocycles. The van der Waals surface area contributed by atoms with Crippen molar-refractivity contribution in [3.05, 3.63) is 85.5 Å². The van der Waals surface area contributed by atoms with E-state index >= 15 is 0 Å². The van der Waals surface area contributed by atoms with E-state index in [1.807, 2.05) is 0 Å². The van der Waals surface area contributed by atoms with Crippen LogP contribution in [0.3, 0.4) is 0 Å². The van der Waals surface area contributed by atoms with Gasteiger partial charge in [-0.15, -0.1) is 0 Å². The molecule has 0 spiro atoms. The Morgan fingerprint density at radius 2 is 1.75 bits per heavy atom. The Labute approximate surface area is 262 Å². The second-order valence-electron chi connectivity index (χ2n) is 9.19. The number of carbonyl (C=O) groups is 3. The van der Waals surface area contributed by atoms with Gasteiger partial charge in [-0.05, 0) is 44.2 Å². The highest BCUT2D eigenvalue weighted by Crippen LogP contribution is 2.33. The fourth-order valence-corrected chi connectivity index (χ4v) is 4.77. The van der Waals surface area contributed by atoms with Gasteiger partial charge < -0.3 is 10.1 Å². The highest BCUT2D eigenvalue weighted by atomic mass is 35.5. The topological polar surface area (TPSA) is 136 Å². The van der Waals surface area contributed by atoms with Crippen molar-refractivity contribution in [2.45, 2.75) is 26.6 Å². The number of rotatable bonds is 6. The number of nitrogens with one attached hydrogen (secondary N) is 2. The number of amides is 3. The molecule has 0 atom stereocenters. The van der Waals surface area contributed by atoms with Gasteiger partial charge in [-0.3, -0.25) is 19.7 Å². The minimum atomic E-state index is -4.67. The van der Waals surface area contributed by atoms with Crippen LogP contribution in [0, 0.1) is 13.8 Å². The Bertz CT molecular complexity index is 1770. The average Bonchev–Trinajstić information content (AvgIpc) is 3.50. The van der Waals surface area contributed by atoms with Crippen LogP contribution in [-0.2, 0) is 17.5 Å².